The SMILES string of the molecule is COc1cccc([C@@H]2OC(c3ccc(OCCCO)cc3)=N[C@]2(Cc2ccccc2CN=[N+]=[N-])C(=O)NNCCc2ccccc2)c1. The fourth-order valence-corrected chi connectivity index (χ4v) is 5.47. The number of azide groups is 1. The Hall–Kier alpha value is -5.35. The van der Waals surface area contributed by atoms with Crippen molar-refractivity contribution in [3.8, 4) is 11.5 Å². The lowest BCUT2D eigenvalue weighted by Gasteiger charge is -2.31. The Morgan fingerprint density at radius 2 is 1.77 bits per heavy atom. The van der Waals surface area contributed by atoms with Gasteiger partial charge in [-0.25, -0.2) is 10.4 Å². The van der Waals surface area contributed by atoms with Crippen molar-refractivity contribution in [2.45, 2.75) is 37.5 Å². The van der Waals surface area contributed by atoms with Gasteiger partial charge in [0, 0.05) is 36.5 Å². The zero-order chi connectivity index (χ0) is 32.9. The molecule has 1 aliphatic rings. The summed E-state index contributed by atoms with van der Waals surface area (Å²) in [6, 6.07) is 32.2. The summed E-state index contributed by atoms with van der Waals surface area (Å²) in [6.45, 7) is 1.06. The molecule has 47 heavy (non-hydrogen) atoms. The van der Waals surface area contributed by atoms with Gasteiger partial charge in [0.1, 0.15) is 11.5 Å². The quantitative estimate of drug-likeness (QED) is 0.0478. The maximum absolute atomic E-state index is 14.5. The lowest BCUT2D eigenvalue weighted by atomic mass is 9.81. The summed E-state index contributed by atoms with van der Waals surface area (Å²) in [5.41, 5.74) is 17.7. The molecule has 0 spiro atoms. The average molecular weight is 635 g/mol. The molecule has 3 N–H and O–H groups in total. The van der Waals surface area contributed by atoms with E-state index in [1.165, 1.54) is 0 Å². The van der Waals surface area contributed by atoms with E-state index in [9.17, 15) is 4.79 Å². The van der Waals surface area contributed by atoms with Crippen LogP contribution < -0.4 is 20.3 Å². The molecular formula is C36H38N6O5. The number of carbonyl (C=O) groups excluding carboxylic acids is 1. The number of hydrazine groups is 1. The summed E-state index contributed by atoms with van der Waals surface area (Å²) < 4.78 is 17.9. The van der Waals surface area contributed by atoms with Gasteiger partial charge in [-0.05, 0) is 70.6 Å². The van der Waals surface area contributed by atoms with Crippen molar-refractivity contribution < 1.29 is 24.1 Å². The van der Waals surface area contributed by atoms with Crippen LogP contribution in [0.5, 0.6) is 11.5 Å². The summed E-state index contributed by atoms with van der Waals surface area (Å²) in [5.74, 6) is 1.18. The van der Waals surface area contributed by atoms with Crippen molar-refractivity contribution >= 4 is 11.8 Å². The second-order valence-corrected chi connectivity index (χ2v) is 11.0. The van der Waals surface area contributed by atoms with Crippen molar-refractivity contribution in [1.82, 2.24) is 10.9 Å². The number of benzene rings is 4. The van der Waals surface area contributed by atoms with Crippen molar-refractivity contribution in [2.24, 2.45) is 10.1 Å². The van der Waals surface area contributed by atoms with E-state index < -0.39 is 11.6 Å². The Balaban J connectivity index is 1.54. The summed E-state index contributed by atoms with van der Waals surface area (Å²) in [7, 11) is 1.59. The Bertz CT molecular complexity index is 1710. The number of aliphatic hydroxyl groups excluding tert-OH is 1. The third kappa shape index (κ3) is 8.28. The van der Waals surface area contributed by atoms with Crippen LogP contribution in [0.4, 0.5) is 0 Å². The maximum Gasteiger partial charge on any atom is 0.266 e. The highest BCUT2D eigenvalue weighted by atomic mass is 16.5. The largest absolute Gasteiger partial charge is 0.497 e. The number of aliphatic imine (C=N–C) groups is 1. The lowest BCUT2D eigenvalue weighted by Crippen LogP contribution is -2.54. The molecule has 1 heterocycles. The number of hydrogen-bond donors (Lipinski definition) is 3. The topological polar surface area (TPSA) is 150 Å². The van der Waals surface area contributed by atoms with Gasteiger partial charge in [0.15, 0.2) is 11.6 Å². The van der Waals surface area contributed by atoms with E-state index in [0.717, 1.165) is 16.7 Å². The molecule has 4 aromatic rings. The molecule has 2 atom stereocenters. The van der Waals surface area contributed by atoms with Gasteiger partial charge in [0.2, 0.25) is 5.90 Å². The zero-order valence-corrected chi connectivity index (χ0v) is 26.2. The Kier molecular flexibility index (Phi) is 11.4. The highest BCUT2D eigenvalue weighted by molar-refractivity contribution is 6.01. The highest BCUT2D eigenvalue weighted by Gasteiger charge is 2.53. The first-order valence-corrected chi connectivity index (χ1v) is 15.5. The van der Waals surface area contributed by atoms with Gasteiger partial charge in [-0.1, -0.05) is 71.8 Å². The van der Waals surface area contributed by atoms with Crippen LogP contribution in [0.2, 0.25) is 0 Å². The fraction of sp³-hybridized carbons (Fsp3) is 0.278. The van der Waals surface area contributed by atoms with Crippen LogP contribution in [-0.4, -0.2) is 49.3 Å². The van der Waals surface area contributed by atoms with Gasteiger partial charge in [-0.3, -0.25) is 10.2 Å². The Morgan fingerprint density at radius 3 is 2.51 bits per heavy atom. The zero-order valence-electron chi connectivity index (χ0n) is 26.2. The summed E-state index contributed by atoms with van der Waals surface area (Å²) in [6.07, 6.45) is 0.555. The molecule has 0 aromatic heterocycles. The first-order valence-electron chi connectivity index (χ1n) is 15.5. The van der Waals surface area contributed by atoms with E-state index in [2.05, 4.69) is 20.9 Å². The number of hydrogen-bond acceptors (Lipinski definition) is 8. The van der Waals surface area contributed by atoms with E-state index in [0.29, 0.717) is 54.5 Å². The molecule has 0 fully saturated rings. The number of ether oxygens (including phenoxy) is 3. The van der Waals surface area contributed by atoms with Crippen LogP contribution in [0.3, 0.4) is 0 Å². The summed E-state index contributed by atoms with van der Waals surface area (Å²) >= 11 is 0. The van der Waals surface area contributed by atoms with Crippen molar-refractivity contribution in [3.05, 3.63) is 141 Å². The molecule has 0 radical (unpaired) electrons. The molecule has 0 unspecified atom stereocenters. The van der Waals surface area contributed by atoms with Gasteiger partial charge >= 0.3 is 0 Å². The monoisotopic (exact) mass is 634 g/mol. The van der Waals surface area contributed by atoms with Crippen molar-refractivity contribution in [1.29, 1.82) is 0 Å². The van der Waals surface area contributed by atoms with Gasteiger partial charge in [-0.15, -0.1) is 0 Å². The van der Waals surface area contributed by atoms with Crippen LogP contribution >= 0.6 is 0 Å². The first-order chi connectivity index (χ1) is 23.1. The van der Waals surface area contributed by atoms with Crippen molar-refractivity contribution in [3.63, 3.8) is 0 Å². The molecule has 1 aliphatic heterocycles. The third-order valence-corrected chi connectivity index (χ3v) is 7.89. The minimum absolute atomic E-state index is 0.0473. The van der Waals surface area contributed by atoms with Crippen LogP contribution in [0.1, 0.15) is 40.3 Å². The molecule has 0 aliphatic carbocycles. The summed E-state index contributed by atoms with van der Waals surface area (Å²) in [4.78, 5) is 22.5. The molecular weight excluding hydrogens is 596 g/mol. The molecule has 242 valence electrons. The Labute approximate surface area is 273 Å². The van der Waals surface area contributed by atoms with Crippen LogP contribution in [0.15, 0.2) is 113 Å². The summed E-state index contributed by atoms with van der Waals surface area (Å²) in [5, 5.41) is 12.9. The van der Waals surface area contributed by atoms with Crippen LogP contribution in [-0.2, 0) is 28.9 Å². The molecule has 0 saturated heterocycles. The smallest absolute Gasteiger partial charge is 0.266 e. The number of nitrogens with zero attached hydrogens (tertiary/aromatic N) is 4. The normalized spacial score (nSPS) is 16.8. The standard InChI is InChI=1S/C36H38N6O5/c1-45-32-14-7-13-28(23-32)33-36(24-29-11-5-6-12-30(29)25-39-42-37,35(44)41-38-20-19-26-9-3-2-4-10-26)40-34(47-33)27-15-17-31(18-16-27)46-22-8-21-43/h2-7,9-18,23,33,38,43H,8,19-22,24-25H2,1H3,(H,41,44)/t33-,36-/m0/s1. The molecule has 1 amide bonds. The van der Waals surface area contributed by atoms with Gasteiger partial charge in [0.25, 0.3) is 5.91 Å². The minimum Gasteiger partial charge on any atom is -0.497 e. The van der Waals surface area contributed by atoms with E-state index >= 15 is 0 Å². The molecule has 0 saturated carbocycles. The Morgan fingerprint density at radius 1 is 1.00 bits per heavy atom. The van der Waals surface area contributed by atoms with Gasteiger partial charge in [0.05, 0.1) is 20.3 Å². The van der Waals surface area contributed by atoms with E-state index in [4.69, 9.17) is 29.8 Å². The van der Waals surface area contributed by atoms with Crippen LogP contribution in [0.25, 0.3) is 10.4 Å². The van der Waals surface area contributed by atoms with Crippen LogP contribution in [0, 0.1) is 0 Å². The number of nitrogens with one attached hydrogen (secondary N) is 2. The second-order valence-electron chi connectivity index (χ2n) is 11.0. The molecule has 0 bridgehead atoms. The fourth-order valence-electron chi connectivity index (χ4n) is 5.47. The maximum atomic E-state index is 14.5. The minimum atomic E-state index is -1.47. The van der Waals surface area contributed by atoms with E-state index in [1.807, 2.05) is 91.0 Å². The number of aliphatic hydroxyl groups is 1. The molecule has 4 aromatic carbocycles. The second kappa shape index (κ2) is 16.3. The lowest BCUT2D eigenvalue weighted by molar-refractivity contribution is -0.130. The van der Waals surface area contributed by atoms with Gasteiger partial charge in [-0.2, -0.15) is 0 Å². The van der Waals surface area contributed by atoms with Gasteiger partial charge < -0.3 is 19.3 Å². The number of rotatable bonds is 16. The number of carbonyl (C=O) groups is 1. The molecule has 11 heteroatoms. The predicted molar refractivity (Wildman–Crippen MR) is 179 cm³/mol. The molecule has 5 rings (SSSR count). The number of methoxy groups -OCH3 is 1. The first kappa shape index (κ1) is 33.0. The third-order valence-electron chi connectivity index (χ3n) is 7.89. The highest BCUT2D eigenvalue weighted by Crippen LogP contribution is 2.43. The predicted octanol–water partition coefficient (Wildman–Crippen LogP) is 5.63. The number of amides is 1. The average Bonchev–Trinajstić information content (AvgIpc) is 3.51. The van der Waals surface area contributed by atoms with E-state index in [1.54, 1.807) is 19.2 Å². The van der Waals surface area contributed by atoms with E-state index in [-0.39, 0.29) is 25.5 Å². The molecule has 11 nitrogen and oxygen atoms in total. The van der Waals surface area contributed by atoms with Crippen molar-refractivity contribution in [2.75, 3.05) is 26.9 Å².